The summed E-state index contributed by atoms with van der Waals surface area (Å²) in [7, 11) is 2.33. The molecule has 4 saturated heterocycles. The molecular weight excluding hydrogens is 650 g/mol. The maximum absolute atomic E-state index is 13.6. The number of nitrogens with one attached hydrogen (secondary N) is 3. The minimum Gasteiger partial charge on any atom is -0.481 e. The maximum Gasteiger partial charge on any atom is 0.482 e. The standard InChI is InChI=1S/C34H57N7O9/c1-3-39-21-23-40(19-17-38(2)18-20-41(24-22-39,26-31(46)47)34(38,39)40)25-27(42)11-6-4-5-7-13-29(43)35-15-9-8-12-28(32(48)49)37-33(50)36-16-10-14-30(44)45/h28H,3-26H2,1-2H3,(H2-4,35,36,37,43,44,45,46,47,48,49,50)/p+4/t28-,34-,38?,39-,40-,41?/m0/s1. The summed E-state index contributed by atoms with van der Waals surface area (Å²) in [5.41, 5.74) is 0. The second-order valence-electron chi connectivity index (χ2n) is 15.3. The minimum absolute atomic E-state index is 0.0670. The van der Waals surface area contributed by atoms with Gasteiger partial charge in [0, 0.05) is 32.4 Å². The van der Waals surface area contributed by atoms with Crippen LogP contribution in [0.3, 0.4) is 0 Å². The van der Waals surface area contributed by atoms with E-state index in [1.807, 2.05) is 0 Å². The number of rotatable bonds is 23. The lowest BCUT2D eigenvalue weighted by molar-refractivity contribution is -1.36. The number of Topliss-reactive ketones (excluding diaryl/α,β-unsaturated/α-hetero) is 1. The van der Waals surface area contributed by atoms with E-state index < -0.39 is 30.0 Å². The SMILES string of the molecule is CC[N@@+]12CC[N+]3(CC(=O)O)CC[N+]4(C)CC[N@@+](CC(=O)CCCCCCC(=O)NCCCC[C@H](NC(=O)NCCCC(=O)O)C(=O)O)(CC1)[C@@]432. The molecular formula is C34H61N7O9+4. The first-order valence-corrected chi connectivity index (χ1v) is 18.6. The fourth-order valence-electron chi connectivity index (χ4n) is 10.5. The molecule has 4 fully saturated rings. The summed E-state index contributed by atoms with van der Waals surface area (Å²) in [6.07, 6.45) is 5.51. The van der Waals surface area contributed by atoms with Gasteiger partial charge in [-0.05, 0) is 45.4 Å². The molecule has 0 aromatic heterocycles. The van der Waals surface area contributed by atoms with Crippen LogP contribution in [0.5, 0.6) is 0 Å². The number of likely N-dealkylation sites (N-methyl/N-ethyl adjacent to an activating group) is 2. The van der Waals surface area contributed by atoms with Crippen LogP contribution in [0.15, 0.2) is 0 Å². The summed E-state index contributed by atoms with van der Waals surface area (Å²) in [4.78, 5) is 72.1. The van der Waals surface area contributed by atoms with E-state index in [0.717, 1.165) is 98.0 Å². The van der Waals surface area contributed by atoms with Gasteiger partial charge in [0.25, 0.3) is 0 Å². The van der Waals surface area contributed by atoms with E-state index in [9.17, 15) is 39.0 Å². The van der Waals surface area contributed by atoms with Gasteiger partial charge in [0.1, 0.15) is 58.4 Å². The first-order valence-electron chi connectivity index (χ1n) is 18.6. The first kappa shape index (κ1) is 39.4. The highest BCUT2D eigenvalue weighted by molar-refractivity contribution is 5.82. The minimum atomic E-state index is -1.16. The molecule has 0 saturated carbocycles. The Bertz CT molecular complexity index is 1300. The Morgan fingerprint density at radius 2 is 1.22 bits per heavy atom. The van der Waals surface area contributed by atoms with E-state index in [0.29, 0.717) is 43.3 Å². The van der Waals surface area contributed by atoms with E-state index in [2.05, 4.69) is 29.9 Å². The van der Waals surface area contributed by atoms with Gasteiger partial charge < -0.3 is 31.3 Å². The molecule has 0 aliphatic carbocycles. The average molecular weight is 712 g/mol. The van der Waals surface area contributed by atoms with Crippen LogP contribution in [0.2, 0.25) is 0 Å². The van der Waals surface area contributed by atoms with Crippen molar-refractivity contribution in [1.29, 1.82) is 0 Å². The van der Waals surface area contributed by atoms with Crippen molar-refractivity contribution in [2.45, 2.75) is 89.5 Å². The van der Waals surface area contributed by atoms with Gasteiger partial charge >= 0.3 is 29.8 Å². The highest BCUT2D eigenvalue weighted by Crippen LogP contribution is 2.61. The number of aliphatic carboxylic acids is 3. The summed E-state index contributed by atoms with van der Waals surface area (Å²) in [6.45, 7) is 12.0. The predicted molar refractivity (Wildman–Crippen MR) is 181 cm³/mol. The summed E-state index contributed by atoms with van der Waals surface area (Å²) in [6, 6.07) is -1.74. The zero-order valence-corrected chi connectivity index (χ0v) is 30.1. The predicted octanol–water partition coefficient (Wildman–Crippen LogP) is 0.467. The van der Waals surface area contributed by atoms with Gasteiger partial charge in [-0.2, -0.15) is 13.4 Å². The largest absolute Gasteiger partial charge is 0.482 e. The number of quaternary nitrogens is 4. The van der Waals surface area contributed by atoms with Crippen LogP contribution >= 0.6 is 0 Å². The lowest BCUT2D eigenvalue weighted by Crippen LogP contribution is -2.84. The summed E-state index contributed by atoms with van der Waals surface area (Å²) in [5, 5.41) is 35.8. The molecule has 6 atom stereocenters. The van der Waals surface area contributed by atoms with Crippen LogP contribution in [-0.2, 0) is 24.0 Å². The third-order valence-corrected chi connectivity index (χ3v) is 12.4. The van der Waals surface area contributed by atoms with Gasteiger partial charge in [0.05, 0.1) is 13.6 Å². The fourth-order valence-corrected chi connectivity index (χ4v) is 10.5. The highest BCUT2D eigenvalue weighted by Gasteiger charge is 2.97. The van der Waals surface area contributed by atoms with Crippen molar-refractivity contribution in [2.24, 2.45) is 0 Å². The summed E-state index contributed by atoms with van der Waals surface area (Å²) in [5.74, 6) is -2.97. The van der Waals surface area contributed by atoms with Crippen LogP contribution in [0, 0.1) is 0 Å². The number of unbranched alkanes of at least 4 members (excludes halogenated alkanes) is 4. The zero-order chi connectivity index (χ0) is 36.6. The number of carboxylic acids is 3. The lowest BCUT2D eigenvalue weighted by Gasteiger charge is -2.49. The number of hydrogen-bond acceptors (Lipinski definition) is 6. The third kappa shape index (κ3) is 7.63. The van der Waals surface area contributed by atoms with Crippen LogP contribution in [-0.4, -0.2) is 173 Å². The summed E-state index contributed by atoms with van der Waals surface area (Å²) < 4.78 is 3.16. The van der Waals surface area contributed by atoms with Crippen LogP contribution in [0.1, 0.15) is 77.6 Å². The molecule has 0 radical (unpaired) electrons. The molecule has 0 bridgehead atoms. The molecule has 4 aliphatic rings. The number of nitrogens with zero attached hydrogens (tertiary/aromatic N) is 4. The Morgan fingerprint density at radius 3 is 1.82 bits per heavy atom. The zero-order valence-electron chi connectivity index (χ0n) is 30.1. The van der Waals surface area contributed by atoms with Gasteiger partial charge in [0.15, 0.2) is 18.9 Å². The molecule has 0 aromatic carbocycles. The molecule has 4 rings (SSSR count). The molecule has 3 amide bonds. The van der Waals surface area contributed by atoms with Crippen LogP contribution < -0.4 is 16.0 Å². The Kier molecular flexibility index (Phi) is 12.9. The fraction of sp³-hybridized carbons (Fsp3) is 0.824. The maximum atomic E-state index is 13.6. The Balaban J connectivity index is 1.12. The molecule has 50 heavy (non-hydrogen) atoms. The van der Waals surface area contributed by atoms with Crippen LogP contribution in [0.4, 0.5) is 4.79 Å². The first-order chi connectivity index (χ1) is 23.7. The van der Waals surface area contributed by atoms with E-state index in [-0.39, 0.29) is 50.0 Å². The van der Waals surface area contributed by atoms with E-state index in [4.69, 9.17) is 5.11 Å². The Hall–Kier alpha value is -3.34. The number of amides is 3. The third-order valence-electron chi connectivity index (χ3n) is 12.4. The van der Waals surface area contributed by atoms with E-state index in [1.54, 1.807) is 0 Å². The van der Waals surface area contributed by atoms with Crippen molar-refractivity contribution in [1.82, 2.24) is 16.0 Å². The Morgan fingerprint density at radius 1 is 0.640 bits per heavy atom. The van der Waals surface area contributed by atoms with Gasteiger partial charge in [-0.1, -0.05) is 12.8 Å². The number of hydrogen-bond donors (Lipinski definition) is 6. The Labute approximate surface area is 295 Å². The lowest BCUT2D eigenvalue weighted by atomic mass is 10.1. The smallest absolute Gasteiger partial charge is 0.481 e. The van der Waals surface area contributed by atoms with Gasteiger partial charge in [-0.15, -0.1) is 4.48 Å². The van der Waals surface area contributed by atoms with E-state index in [1.165, 1.54) is 0 Å². The highest BCUT2D eigenvalue weighted by atomic mass is 16.4. The normalized spacial score (nSPS) is 31.1. The number of carbonyl (C=O) groups is 6. The van der Waals surface area contributed by atoms with E-state index >= 15 is 0 Å². The number of carboxylic acid groups (broad SMARTS) is 3. The second kappa shape index (κ2) is 16.3. The molecule has 4 aliphatic heterocycles. The number of carbonyl (C=O) groups excluding carboxylic acids is 3. The monoisotopic (exact) mass is 711 g/mol. The molecule has 0 aromatic rings. The van der Waals surface area contributed by atoms with Crippen LogP contribution in [0.25, 0.3) is 0 Å². The van der Waals surface area contributed by atoms with Crippen molar-refractivity contribution < 1.29 is 62.0 Å². The van der Waals surface area contributed by atoms with Crippen molar-refractivity contribution in [2.75, 3.05) is 92.1 Å². The van der Waals surface area contributed by atoms with Crippen molar-refractivity contribution in [3.63, 3.8) is 0 Å². The molecule has 2 unspecified atom stereocenters. The number of ketones is 1. The quantitative estimate of drug-likeness (QED) is 0.0644. The molecule has 16 nitrogen and oxygen atoms in total. The van der Waals surface area contributed by atoms with Gasteiger partial charge in [-0.3, -0.25) is 14.4 Å². The molecule has 4 heterocycles. The van der Waals surface area contributed by atoms with Crippen molar-refractivity contribution in [3.05, 3.63) is 0 Å². The van der Waals surface area contributed by atoms with Gasteiger partial charge in [-0.25, -0.2) is 14.4 Å². The average Bonchev–Trinajstić information content (AvgIpc) is 3.68. The van der Waals surface area contributed by atoms with Crippen molar-refractivity contribution in [3.8, 4) is 0 Å². The topological polar surface area (TPSA) is 199 Å². The van der Waals surface area contributed by atoms with Gasteiger partial charge in [0.2, 0.25) is 5.91 Å². The van der Waals surface area contributed by atoms with Crippen molar-refractivity contribution >= 4 is 35.6 Å². The molecule has 282 valence electrons. The molecule has 1 spiro atoms. The number of urea groups is 1. The second-order valence-corrected chi connectivity index (χ2v) is 15.3. The molecule has 6 N–H and O–H groups in total. The molecule has 16 heteroatoms. The summed E-state index contributed by atoms with van der Waals surface area (Å²) >= 11 is 0.